The summed E-state index contributed by atoms with van der Waals surface area (Å²) in [6.07, 6.45) is 1.79. The van der Waals surface area contributed by atoms with E-state index in [0.29, 0.717) is 12.4 Å². The molecular formula is C27H26N4O. The second-order valence-corrected chi connectivity index (χ2v) is 7.55. The number of nitrogens with one attached hydrogen (secondary N) is 1. The van der Waals surface area contributed by atoms with E-state index in [1.807, 2.05) is 62.4 Å². The number of fused-ring (bicyclic) bond motifs is 1. The largest absolute Gasteiger partial charge is 0.501 e. The lowest BCUT2D eigenvalue weighted by Gasteiger charge is -2.16. The molecule has 0 aliphatic carbocycles. The minimum Gasteiger partial charge on any atom is -0.501 e. The normalized spacial score (nSPS) is 11.7. The van der Waals surface area contributed by atoms with Gasteiger partial charge in [-0.25, -0.2) is 9.97 Å². The third-order valence-corrected chi connectivity index (χ3v) is 5.28. The molecule has 2 aromatic heterocycles. The number of hydrogen-bond acceptors (Lipinski definition) is 5. The molecule has 4 aromatic rings. The SMILES string of the molecule is C=C(C)/C(=C(/C)OC)c1nc(NCc2ccccn2)c2c(-c3ccccc3)cccc2n1. The summed E-state index contributed by atoms with van der Waals surface area (Å²) in [5.41, 5.74) is 5.62. The summed E-state index contributed by atoms with van der Waals surface area (Å²) in [5, 5.41) is 4.47. The topological polar surface area (TPSA) is 59.9 Å². The van der Waals surface area contributed by atoms with E-state index < -0.39 is 0 Å². The van der Waals surface area contributed by atoms with Crippen LogP contribution in [-0.2, 0) is 11.3 Å². The summed E-state index contributed by atoms with van der Waals surface area (Å²) in [6.45, 7) is 8.51. The molecule has 32 heavy (non-hydrogen) atoms. The quantitative estimate of drug-likeness (QED) is 0.281. The Bertz CT molecular complexity index is 1280. The molecule has 0 bridgehead atoms. The number of allylic oxidation sites excluding steroid dienone is 3. The molecule has 0 amide bonds. The van der Waals surface area contributed by atoms with Crippen LogP contribution in [-0.4, -0.2) is 22.1 Å². The Kier molecular flexibility index (Phi) is 6.26. The smallest absolute Gasteiger partial charge is 0.165 e. The summed E-state index contributed by atoms with van der Waals surface area (Å²) in [7, 11) is 1.65. The zero-order valence-corrected chi connectivity index (χ0v) is 18.6. The number of nitrogens with zero attached hydrogens (tertiary/aromatic N) is 3. The predicted octanol–water partition coefficient (Wildman–Crippen LogP) is 6.26. The van der Waals surface area contributed by atoms with Crippen molar-refractivity contribution in [2.45, 2.75) is 20.4 Å². The standard InChI is InChI=1S/C27H26N4O/c1-18(2)24(19(3)32-4)27-30-23-15-10-14-22(20-11-6-5-7-12-20)25(23)26(31-27)29-17-21-13-8-9-16-28-21/h5-16H,1,17H2,2-4H3,(H,29,30,31)/b24-19+. The average Bonchev–Trinajstić information content (AvgIpc) is 2.83. The van der Waals surface area contributed by atoms with Crippen molar-refractivity contribution in [1.29, 1.82) is 0 Å². The van der Waals surface area contributed by atoms with Gasteiger partial charge >= 0.3 is 0 Å². The van der Waals surface area contributed by atoms with Crippen LogP contribution < -0.4 is 5.32 Å². The number of pyridine rings is 1. The highest BCUT2D eigenvalue weighted by molar-refractivity contribution is 6.02. The fraction of sp³-hybridized carbons (Fsp3) is 0.148. The van der Waals surface area contributed by atoms with E-state index in [1.54, 1.807) is 13.3 Å². The van der Waals surface area contributed by atoms with Gasteiger partial charge in [0.1, 0.15) is 11.6 Å². The lowest BCUT2D eigenvalue weighted by molar-refractivity contribution is 0.295. The molecule has 0 unspecified atom stereocenters. The summed E-state index contributed by atoms with van der Waals surface area (Å²) in [5.74, 6) is 2.06. The molecule has 5 heteroatoms. The summed E-state index contributed by atoms with van der Waals surface area (Å²) in [6, 6.07) is 22.3. The van der Waals surface area contributed by atoms with Gasteiger partial charge in [0.2, 0.25) is 0 Å². The first-order valence-electron chi connectivity index (χ1n) is 10.5. The molecule has 0 atom stereocenters. The number of aromatic nitrogens is 3. The molecule has 0 radical (unpaired) electrons. The van der Waals surface area contributed by atoms with Gasteiger partial charge in [0.25, 0.3) is 0 Å². The average molecular weight is 423 g/mol. The van der Waals surface area contributed by atoms with Crippen molar-refractivity contribution in [3.63, 3.8) is 0 Å². The van der Waals surface area contributed by atoms with Gasteiger partial charge < -0.3 is 10.1 Å². The van der Waals surface area contributed by atoms with Gasteiger partial charge in [0.15, 0.2) is 5.82 Å². The lowest BCUT2D eigenvalue weighted by Crippen LogP contribution is -2.08. The Hall–Kier alpha value is -3.99. The first-order valence-corrected chi connectivity index (χ1v) is 10.5. The van der Waals surface area contributed by atoms with Crippen LogP contribution in [0.1, 0.15) is 25.4 Å². The molecule has 160 valence electrons. The van der Waals surface area contributed by atoms with E-state index >= 15 is 0 Å². The van der Waals surface area contributed by atoms with Crippen molar-refractivity contribution < 1.29 is 4.74 Å². The third kappa shape index (κ3) is 4.37. The lowest BCUT2D eigenvalue weighted by atomic mass is 10.00. The monoisotopic (exact) mass is 422 g/mol. The number of benzene rings is 2. The molecule has 4 rings (SSSR count). The van der Waals surface area contributed by atoms with Gasteiger partial charge in [-0.05, 0) is 48.7 Å². The van der Waals surface area contributed by atoms with Crippen LogP contribution in [0, 0.1) is 0 Å². The minimum atomic E-state index is 0.547. The van der Waals surface area contributed by atoms with Crippen LogP contribution in [0.2, 0.25) is 0 Å². The van der Waals surface area contributed by atoms with E-state index in [4.69, 9.17) is 14.7 Å². The molecule has 0 aliphatic heterocycles. The van der Waals surface area contributed by atoms with Crippen molar-refractivity contribution in [2.24, 2.45) is 0 Å². The minimum absolute atomic E-state index is 0.547. The first kappa shape index (κ1) is 21.2. The van der Waals surface area contributed by atoms with Gasteiger partial charge in [-0.3, -0.25) is 4.98 Å². The molecule has 0 saturated carbocycles. The zero-order chi connectivity index (χ0) is 22.5. The highest BCUT2D eigenvalue weighted by Gasteiger charge is 2.17. The van der Waals surface area contributed by atoms with Crippen LogP contribution in [0.25, 0.3) is 27.6 Å². The summed E-state index contributed by atoms with van der Waals surface area (Å²) >= 11 is 0. The molecule has 2 heterocycles. The molecular weight excluding hydrogens is 396 g/mol. The second-order valence-electron chi connectivity index (χ2n) is 7.55. The van der Waals surface area contributed by atoms with Crippen LogP contribution in [0.5, 0.6) is 0 Å². The van der Waals surface area contributed by atoms with Crippen LogP contribution in [0.4, 0.5) is 5.82 Å². The number of ether oxygens (including phenoxy) is 1. The first-order chi connectivity index (χ1) is 15.6. The molecule has 0 saturated heterocycles. The highest BCUT2D eigenvalue weighted by atomic mass is 16.5. The van der Waals surface area contributed by atoms with E-state index in [-0.39, 0.29) is 0 Å². The third-order valence-electron chi connectivity index (χ3n) is 5.28. The van der Waals surface area contributed by atoms with Crippen molar-refractivity contribution in [1.82, 2.24) is 15.0 Å². The number of methoxy groups -OCH3 is 1. The van der Waals surface area contributed by atoms with Gasteiger partial charge in [0.05, 0.1) is 35.8 Å². The molecule has 2 aromatic carbocycles. The molecule has 0 fully saturated rings. The molecule has 0 spiro atoms. The Morgan fingerprint density at radius 3 is 2.41 bits per heavy atom. The van der Waals surface area contributed by atoms with Crippen molar-refractivity contribution in [3.05, 3.63) is 102 Å². The van der Waals surface area contributed by atoms with Crippen molar-refractivity contribution in [3.8, 4) is 11.1 Å². The van der Waals surface area contributed by atoms with Crippen molar-refractivity contribution in [2.75, 3.05) is 12.4 Å². The maximum Gasteiger partial charge on any atom is 0.165 e. The summed E-state index contributed by atoms with van der Waals surface area (Å²) < 4.78 is 5.51. The second kappa shape index (κ2) is 9.43. The van der Waals surface area contributed by atoms with Gasteiger partial charge in [0, 0.05) is 6.20 Å². The zero-order valence-electron chi connectivity index (χ0n) is 18.6. The molecule has 0 aliphatic rings. The predicted molar refractivity (Wildman–Crippen MR) is 131 cm³/mol. The van der Waals surface area contributed by atoms with Gasteiger partial charge in [-0.1, -0.05) is 55.1 Å². The number of anilines is 1. The fourth-order valence-electron chi connectivity index (χ4n) is 3.71. The maximum absolute atomic E-state index is 5.51. The van der Waals surface area contributed by atoms with Gasteiger partial charge in [-0.2, -0.15) is 0 Å². The summed E-state index contributed by atoms with van der Waals surface area (Å²) in [4.78, 5) is 14.3. The van der Waals surface area contributed by atoms with E-state index in [9.17, 15) is 0 Å². The number of hydrogen-bond donors (Lipinski definition) is 1. The van der Waals surface area contributed by atoms with E-state index in [0.717, 1.165) is 50.4 Å². The number of rotatable bonds is 7. The molecule has 5 nitrogen and oxygen atoms in total. The van der Waals surface area contributed by atoms with E-state index in [2.05, 4.69) is 35.1 Å². The Morgan fingerprint density at radius 1 is 0.938 bits per heavy atom. The van der Waals surface area contributed by atoms with Gasteiger partial charge in [-0.15, -0.1) is 0 Å². The Morgan fingerprint density at radius 2 is 1.72 bits per heavy atom. The maximum atomic E-state index is 5.51. The van der Waals surface area contributed by atoms with Crippen LogP contribution in [0.15, 0.2) is 90.8 Å². The Labute approximate surface area is 188 Å². The van der Waals surface area contributed by atoms with E-state index in [1.165, 1.54) is 0 Å². The fourth-order valence-corrected chi connectivity index (χ4v) is 3.71. The van der Waals surface area contributed by atoms with Crippen LogP contribution in [0.3, 0.4) is 0 Å². The highest BCUT2D eigenvalue weighted by Crippen LogP contribution is 2.34. The Balaban J connectivity index is 1.93. The van der Waals surface area contributed by atoms with Crippen molar-refractivity contribution >= 4 is 22.3 Å². The molecule has 1 N–H and O–H groups in total. The van der Waals surface area contributed by atoms with Crippen LogP contribution >= 0.6 is 0 Å².